The Morgan fingerprint density at radius 1 is 1.13 bits per heavy atom. The van der Waals surface area contributed by atoms with Gasteiger partial charge in [-0.1, -0.05) is 12.1 Å². The number of aromatic nitrogens is 4. The van der Waals surface area contributed by atoms with Crippen LogP contribution in [0.25, 0.3) is 22.6 Å². The summed E-state index contributed by atoms with van der Waals surface area (Å²) in [6, 6.07) is 10.5. The number of fused-ring (bicyclic) bond motifs is 1. The highest BCUT2D eigenvalue weighted by atomic mass is 19.4. The van der Waals surface area contributed by atoms with Crippen molar-refractivity contribution in [3.8, 4) is 23.0 Å². The zero-order chi connectivity index (χ0) is 27.4. The zero-order valence-corrected chi connectivity index (χ0v) is 20.7. The summed E-state index contributed by atoms with van der Waals surface area (Å²) in [7, 11) is 5.07. The number of nitrogens with zero attached hydrogens (tertiary/aromatic N) is 6. The molecule has 0 radical (unpaired) electrons. The van der Waals surface area contributed by atoms with Crippen molar-refractivity contribution in [1.29, 1.82) is 0 Å². The number of methoxy groups -OCH3 is 1. The molecular formula is C24H24F3N7O4. The van der Waals surface area contributed by atoms with Gasteiger partial charge in [0, 0.05) is 24.9 Å². The minimum absolute atomic E-state index is 0.00318. The molecule has 0 aliphatic carbocycles. The van der Waals surface area contributed by atoms with E-state index in [1.54, 1.807) is 24.3 Å². The van der Waals surface area contributed by atoms with Gasteiger partial charge in [-0.05, 0) is 32.3 Å². The van der Waals surface area contributed by atoms with Crippen molar-refractivity contribution in [2.24, 2.45) is 0 Å². The summed E-state index contributed by atoms with van der Waals surface area (Å²) in [6.45, 7) is -0.502. The molecular weight excluding hydrogens is 507 g/mol. The van der Waals surface area contributed by atoms with Crippen LogP contribution < -0.4 is 14.8 Å². The molecule has 200 valence electrons. The van der Waals surface area contributed by atoms with E-state index in [1.807, 2.05) is 19.0 Å². The normalized spacial score (nSPS) is 11.7. The molecule has 0 bridgehead atoms. The maximum absolute atomic E-state index is 13.4. The van der Waals surface area contributed by atoms with Gasteiger partial charge in [-0.25, -0.2) is 15.0 Å². The van der Waals surface area contributed by atoms with Crippen molar-refractivity contribution in [2.45, 2.75) is 12.7 Å². The van der Waals surface area contributed by atoms with Gasteiger partial charge in [-0.2, -0.15) is 13.2 Å². The molecule has 0 amide bonds. The second kappa shape index (κ2) is 10.9. The van der Waals surface area contributed by atoms with E-state index in [0.29, 0.717) is 17.6 Å². The predicted molar refractivity (Wildman–Crippen MR) is 134 cm³/mol. The van der Waals surface area contributed by atoms with Crippen LogP contribution >= 0.6 is 0 Å². The smallest absolute Gasteiger partial charge is 0.406 e. The van der Waals surface area contributed by atoms with Gasteiger partial charge in [0.2, 0.25) is 11.7 Å². The number of imidazole rings is 1. The van der Waals surface area contributed by atoms with E-state index in [0.717, 1.165) is 4.57 Å². The molecule has 1 N–H and O–H groups in total. The van der Waals surface area contributed by atoms with Gasteiger partial charge >= 0.3 is 11.9 Å². The van der Waals surface area contributed by atoms with Crippen molar-refractivity contribution in [3.05, 3.63) is 58.8 Å². The lowest BCUT2D eigenvalue weighted by Gasteiger charge is -2.15. The number of halogens is 3. The molecule has 2 heterocycles. The van der Waals surface area contributed by atoms with E-state index in [4.69, 9.17) is 9.47 Å². The third-order valence-electron chi connectivity index (χ3n) is 5.40. The lowest BCUT2D eigenvalue weighted by molar-refractivity contribution is -0.385. The first-order valence-corrected chi connectivity index (χ1v) is 11.3. The Morgan fingerprint density at radius 2 is 1.89 bits per heavy atom. The molecule has 38 heavy (non-hydrogen) atoms. The first kappa shape index (κ1) is 26.6. The molecule has 14 heteroatoms. The van der Waals surface area contributed by atoms with Crippen LogP contribution in [-0.4, -0.2) is 69.9 Å². The summed E-state index contributed by atoms with van der Waals surface area (Å²) in [5, 5.41) is 14.6. The Bertz CT molecular complexity index is 1460. The number of nitro groups is 1. The molecule has 0 spiro atoms. The number of hydrogen-bond donors (Lipinski definition) is 1. The number of benzene rings is 2. The summed E-state index contributed by atoms with van der Waals surface area (Å²) in [4.78, 5) is 25.8. The lowest BCUT2D eigenvalue weighted by atomic mass is 10.2. The van der Waals surface area contributed by atoms with Crippen molar-refractivity contribution in [2.75, 3.05) is 39.7 Å². The Morgan fingerprint density at radius 3 is 2.58 bits per heavy atom. The first-order chi connectivity index (χ1) is 18.1. The van der Waals surface area contributed by atoms with Crippen LogP contribution in [0, 0.1) is 10.1 Å². The number of anilines is 2. The van der Waals surface area contributed by atoms with Gasteiger partial charge in [0.05, 0.1) is 28.8 Å². The maximum Gasteiger partial charge on any atom is 0.406 e. The Kier molecular flexibility index (Phi) is 7.62. The zero-order valence-electron chi connectivity index (χ0n) is 20.7. The van der Waals surface area contributed by atoms with E-state index in [9.17, 15) is 23.3 Å². The Balaban J connectivity index is 1.70. The minimum atomic E-state index is -4.49. The molecule has 0 saturated carbocycles. The van der Waals surface area contributed by atoms with E-state index in [2.05, 4.69) is 20.3 Å². The van der Waals surface area contributed by atoms with E-state index in [-0.39, 0.29) is 46.9 Å². The number of nitro benzene ring substituents is 1. The SMILES string of the molecule is COc1cc(OCCN(C)C)c([N+](=O)[O-])cc1Nc1nccc(-c2nc3ccccc3n2CC(F)(F)F)n1. The van der Waals surface area contributed by atoms with Gasteiger partial charge in [-0.15, -0.1) is 0 Å². The number of alkyl halides is 3. The Hall–Kier alpha value is -4.46. The van der Waals surface area contributed by atoms with Crippen LogP contribution in [0.2, 0.25) is 0 Å². The molecule has 2 aromatic carbocycles. The minimum Gasteiger partial charge on any atom is -0.494 e. The predicted octanol–water partition coefficient (Wildman–Crippen LogP) is 4.66. The van der Waals surface area contributed by atoms with E-state index >= 15 is 0 Å². The van der Waals surface area contributed by atoms with Crippen molar-refractivity contribution in [1.82, 2.24) is 24.4 Å². The summed E-state index contributed by atoms with van der Waals surface area (Å²) >= 11 is 0. The molecule has 0 aliphatic rings. The van der Waals surface area contributed by atoms with Gasteiger partial charge < -0.3 is 24.3 Å². The topological polar surface area (TPSA) is 120 Å². The maximum atomic E-state index is 13.4. The van der Waals surface area contributed by atoms with Crippen molar-refractivity contribution < 1.29 is 27.6 Å². The molecule has 0 unspecified atom stereocenters. The molecule has 11 nitrogen and oxygen atoms in total. The fraction of sp³-hybridized carbons (Fsp3) is 0.292. The van der Waals surface area contributed by atoms with Crippen LogP contribution in [0.15, 0.2) is 48.7 Å². The highest BCUT2D eigenvalue weighted by molar-refractivity contribution is 5.80. The van der Waals surface area contributed by atoms with Crippen LogP contribution in [0.4, 0.5) is 30.5 Å². The summed E-state index contributed by atoms with van der Waals surface area (Å²) < 4.78 is 52.1. The number of hydrogen-bond acceptors (Lipinski definition) is 9. The number of likely N-dealkylation sites (N-methyl/N-ethyl adjacent to an activating group) is 1. The molecule has 0 aliphatic heterocycles. The first-order valence-electron chi connectivity index (χ1n) is 11.3. The van der Waals surface area contributed by atoms with Crippen LogP contribution in [0.1, 0.15) is 0 Å². The summed E-state index contributed by atoms with van der Waals surface area (Å²) in [6.07, 6.45) is -3.14. The fourth-order valence-electron chi connectivity index (χ4n) is 3.69. The highest BCUT2D eigenvalue weighted by Crippen LogP contribution is 2.39. The Labute approximate surface area is 215 Å². The second-order valence-electron chi connectivity index (χ2n) is 8.44. The number of para-hydroxylation sites is 2. The number of ether oxygens (including phenoxy) is 2. The molecule has 4 rings (SSSR count). The van der Waals surface area contributed by atoms with Gasteiger partial charge in [0.15, 0.2) is 5.82 Å². The van der Waals surface area contributed by atoms with Crippen molar-refractivity contribution >= 4 is 28.4 Å². The standard InChI is InChI=1S/C24H24F3N7O4/c1-32(2)10-11-38-21-13-20(37-3)17(12-19(21)34(35)36)31-23-28-9-8-16(30-23)22-29-15-6-4-5-7-18(15)33(22)14-24(25,26)27/h4-9,12-13H,10-11,14H2,1-3H3,(H,28,30,31). The van der Waals surface area contributed by atoms with Crippen LogP contribution in [-0.2, 0) is 6.54 Å². The van der Waals surface area contributed by atoms with Gasteiger partial charge in [-0.3, -0.25) is 10.1 Å². The average Bonchev–Trinajstić information content (AvgIpc) is 3.21. The summed E-state index contributed by atoms with van der Waals surface area (Å²) in [5.41, 5.74) is 0.660. The van der Waals surface area contributed by atoms with E-state index in [1.165, 1.54) is 31.5 Å². The summed E-state index contributed by atoms with van der Waals surface area (Å²) in [5.74, 6) is 0.210. The van der Waals surface area contributed by atoms with Gasteiger partial charge in [0.1, 0.15) is 24.6 Å². The molecule has 4 aromatic rings. The average molecular weight is 531 g/mol. The third-order valence-corrected chi connectivity index (χ3v) is 5.40. The highest BCUT2D eigenvalue weighted by Gasteiger charge is 2.31. The molecule has 0 atom stereocenters. The van der Waals surface area contributed by atoms with Crippen molar-refractivity contribution in [3.63, 3.8) is 0 Å². The quantitative estimate of drug-likeness (QED) is 0.230. The monoisotopic (exact) mass is 531 g/mol. The lowest BCUT2D eigenvalue weighted by Crippen LogP contribution is -2.19. The second-order valence-corrected chi connectivity index (χ2v) is 8.44. The largest absolute Gasteiger partial charge is 0.494 e. The fourth-order valence-corrected chi connectivity index (χ4v) is 3.69. The van der Waals surface area contributed by atoms with Crippen LogP contribution in [0.5, 0.6) is 11.5 Å². The molecule has 0 saturated heterocycles. The van der Waals surface area contributed by atoms with Crippen LogP contribution in [0.3, 0.4) is 0 Å². The third kappa shape index (κ3) is 6.08. The van der Waals surface area contributed by atoms with Gasteiger partial charge in [0.25, 0.3) is 0 Å². The number of rotatable bonds is 10. The van der Waals surface area contributed by atoms with E-state index < -0.39 is 17.6 Å². The number of nitrogens with one attached hydrogen (secondary N) is 1. The molecule has 0 fully saturated rings. The molecule has 2 aromatic heterocycles.